The van der Waals surface area contributed by atoms with Crippen LogP contribution in [0.4, 0.5) is 4.39 Å². The van der Waals surface area contributed by atoms with Gasteiger partial charge in [-0.1, -0.05) is 25.1 Å². The van der Waals surface area contributed by atoms with Crippen molar-refractivity contribution in [1.82, 2.24) is 9.55 Å². The van der Waals surface area contributed by atoms with Crippen molar-refractivity contribution in [3.05, 3.63) is 65.9 Å². The third-order valence-electron chi connectivity index (χ3n) is 3.37. The molecule has 0 saturated heterocycles. The summed E-state index contributed by atoms with van der Waals surface area (Å²) >= 11 is 0. The maximum Gasteiger partial charge on any atom is 0.141 e. The molecule has 96 valence electrons. The molecule has 3 rings (SSSR count). The highest BCUT2D eigenvalue weighted by atomic mass is 19.1. The first-order chi connectivity index (χ1) is 9.28. The zero-order valence-corrected chi connectivity index (χ0v) is 10.8. The second-order valence-corrected chi connectivity index (χ2v) is 4.66. The number of aryl methyl sites for hydroxylation is 1. The lowest BCUT2D eigenvalue weighted by molar-refractivity contribution is 0.616. The highest BCUT2D eigenvalue weighted by Crippen LogP contribution is 2.21. The molecule has 19 heavy (non-hydrogen) atoms. The molecule has 3 heteroatoms. The van der Waals surface area contributed by atoms with Crippen molar-refractivity contribution in [3.8, 4) is 0 Å². The number of benzene rings is 1. The van der Waals surface area contributed by atoms with Gasteiger partial charge in [-0.05, 0) is 35.1 Å². The predicted molar refractivity (Wildman–Crippen MR) is 74.6 cm³/mol. The maximum absolute atomic E-state index is 13.2. The standard InChI is InChI=1S/C16H15FN2/c1-2-13-4-3-5-14-6-7-19(16(13)14)11-12-8-15(17)10-18-9-12/h3-10H,2,11H2,1H3. The fourth-order valence-electron chi connectivity index (χ4n) is 2.50. The van der Waals surface area contributed by atoms with Gasteiger partial charge in [0.25, 0.3) is 0 Å². The van der Waals surface area contributed by atoms with Gasteiger partial charge in [-0.2, -0.15) is 0 Å². The first-order valence-corrected chi connectivity index (χ1v) is 6.44. The first-order valence-electron chi connectivity index (χ1n) is 6.44. The van der Waals surface area contributed by atoms with Crippen molar-refractivity contribution < 1.29 is 4.39 Å². The van der Waals surface area contributed by atoms with Gasteiger partial charge in [-0.25, -0.2) is 4.39 Å². The Bertz CT molecular complexity index is 716. The topological polar surface area (TPSA) is 17.8 Å². The third-order valence-corrected chi connectivity index (χ3v) is 3.37. The summed E-state index contributed by atoms with van der Waals surface area (Å²) in [5.74, 6) is -0.287. The summed E-state index contributed by atoms with van der Waals surface area (Å²) in [5, 5.41) is 1.23. The molecule has 0 aliphatic carbocycles. The quantitative estimate of drug-likeness (QED) is 0.695. The number of fused-ring (bicyclic) bond motifs is 1. The molecule has 0 N–H and O–H groups in total. The van der Waals surface area contributed by atoms with E-state index in [4.69, 9.17) is 0 Å². The first kappa shape index (κ1) is 11.9. The van der Waals surface area contributed by atoms with E-state index in [2.05, 4.69) is 46.9 Å². The summed E-state index contributed by atoms with van der Waals surface area (Å²) in [6, 6.07) is 9.96. The Morgan fingerprint density at radius 2 is 2.11 bits per heavy atom. The highest BCUT2D eigenvalue weighted by Gasteiger charge is 2.06. The van der Waals surface area contributed by atoms with Crippen LogP contribution in [-0.2, 0) is 13.0 Å². The van der Waals surface area contributed by atoms with Crippen molar-refractivity contribution in [2.45, 2.75) is 19.9 Å². The molecule has 0 atom stereocenters. The molecule has 0 aliphatic heterocycles. The van der Waals surface area contributed by atoms with Crippen LogP contribution in [0.5, 0.6) is 0 Å². The molecule has 2 nitrogen and oxygen atoms in total. The molecule has 0 fully saturated rings. The predicted octanol–water partition coefficient (Wildman–Crippen LogP) is 3.79. The summed E-state index contributed by atoms with van der Waals surface area (Å²) in [6.45, 7) is 2.79. The molecule has 0 unspecified atom stereocenters. The molecular weight excluding hydrogens is 239 g/mol. The van der Waals surface area contributed by atoms with Gasteiger partial charge in [-0.3, -0.25) is 4.98 Å². The summed E-state index contributed by atoms with van der Waals surface area (Å²) in [6.07, 6.45) is 5.98. The van der Waals surface area contributed by atoms with Gasteiger partial charge in [-0.15, -0.1) is 0 Å². The fraction of sp³-hybridized carbons (Fsp3) is 0.188. The molecule has 0 bridgehead atoms. The van der Waals surface area contributed by atoms with Gasteiger partial charge in [0.2, 0.25) is 0 Å². The molecule has 3 aromatic rings. The molecule has 2 heterocycles. The normalized spacial score (nSPS) is 11.1. The van der Waals surface area contributed by atoms with E-state index in [0.717, 1.165) is 12.0 Å². The van der Waals surface area contributed by atoms with Gasteiger partial charge < -0.3 is 4.57 Å². The molecule has 0 aliphatic rings. The monoisotopic (exact) mass is 254 g/mol. The number of hydrogen-bond donors (Lipinski definition) is 0. The Kier molecular flexibility index (Phi) is 3.03. The van der Waals surface area contributed by atoms with E-state index in [1.807, 2.05) is 0 Å². The summed E-state index contributed by atoms with van der Waals surface area (Å²) < 4.78 is 15.3. The average molecular weight is 254 g/mol. The van der Waals surface area contributed by atoms with Crippen molar-refractivity contribution in [3.63, 3.8) is 0 Å². The fourth-order valence-corrected chi connectivity index (χ4v) is 2.50. The Morgan fingerprint density at radius 3 is 2.89 bits per heavy atom. The van der Waals surface area contributed by atoms with Crippen molar-refractivity contribution >= 4 is 10.9 Å². The van der Waals surface area contributed by atoms with Crippen LogP contribution in [0, 0.1) is 5.82 Å². The van der Waals surface area contributed by atoms with Gasteiger partial charge in [0.1, 0.15) is 5.82 Å². The van der Waals surface area contributed by atoms with E-state index >= 15 is 0 Å². The van der Waals surface area contributed by atoms with Gasteiger partial charge in [0, 0.05) is 18.9 Å². The molecule has 0 radical (unpaired) electrons. The smallest absolute Gasteiger partial charge is 0.141 e. The van der Waals surface area contributed by atoms with Crippen LogP contribution in [0.3, 0.4) is 0 Å². The van der Waals surface area contributed by atoms with Crippen LogP contribution >= 0.6 is 0 Å². The second kappa shape index (κ2) is 4.84. The number of halogens is 1. The highest BCUT2D eigenvalue weighted by molar-refractivity contribution is 5.83. The van der Waals surface area contributed by atoms with Gasteiger partial charge in [0.05, 0.1) is 11.7 Å². The third kappa shape index (κ3) is 2.24. The molecule has 1 aromatic carbocycles. The lowest BCUT2D eigenvalue weighted by Gasteiger charge is -2.09. The number of aromatic nitrogens is 2. The van der Waals surface area contributed by atoms with Crippen molar-refractivity contribution in [1.29, 1.82) is 0 Å². The van der Waals surface area contributed by atoms with E-state index in [0.29, 0.717) is 6.54 Å². The van der Waals surface area contributed by atoms with Crippen LogP contribution in [0.2, 0.25) is 0 Å². The SMILES string of the molecule is CCc1cccc2ccn(Cc3cncc(F)c3)c12. The Hall–Kier alpha value is -2.16. The van der Waals surface area contributed by atoms with Crippen molar-refractivity contribution in [2.75, 3.05) is 0 Å². The van der Waals surface area contributed by atoms with E-state index < -0.39 is 0 Å². The number of nitrogens with zero attached hydrogens (tertiary/aromatic N) is 2. The number of hydrogen-bond acceptors (Lipinski definition) is 1. The number of para-hydroxylation sites is 1. The molecule has 2 aromatic heterocycles. The van der Waals surface area contributed by atoms with Crippen LogP contribution in [0.15, 0.2) is 48.9 Å². The van der Waals surface area contributed by atoms with Crippen LogP contribution < -0.4 is 0 Å². The molecule has 0 saturated carbocycles. The summed E-state index contributed by atoms with van der Waals surface area (Å²) in [5.41, 5.74) is 3.42. The van der Waals surface area contributed by atoms with E-state index in [1.165, 1.54) is 28.7 Å². The lowest BCUT2D eigenvalue weighted by Crippen LogP contribution is -2.00. The second-order valence-electron chi connectivity index (χ2n) is 4.66. The van der Waals surface area contributed by atoms with Crippen LogP contribution in [-0.4, -0.2) is 9.55 Å². The number of pyridine rings is 1. The minimum atomic E-state index is -0.287. The zero-order valence-electron chi connectivity index (χ0n) is 10.8. The molecular formula is C16H15FN2. The van der Waals surface area contributed by atoms with Crippen LogP contribution in [0.1, 0.15) is 18.1 Å². The van der Waals surface area contributed by atoms with Crippen molar-refractivity contribution in [2.24, 2.45) is 0 Å². The Balaban J connectivity index is 2.06. The number of rotatable bonds is 3. The zero-order chi connectivity index (χ0) is 13.2. The Morgan fingerprint density at radius 1 is 1.21 bits per heavy atom. The summed E-state index contributed by atoms with van der Waals surface area (Å²) in [7, 11) is 0. The minimum Gasteiger partial charge on any atom is -0.343 e. The lowest BCUT2D eigenvalue weighted by atomic mass is 10.1. The Labute approximate surface area is 111 Å². The average Bonchev–Trinajstić information content (AvgIpc) is 2.82. The van der Waals surface area contributed by atoms with E-state index in [9.17, 15) is 4.39 Å². The minimum absolute atomic E-state index is 0.287. The maximum atomic E-state index is 13.2. The molecule has 0 amide bonds. The molecule has 0 spiro atoms. The summed E-state index contributed by atoms with van der Waals surface area (Å²) in [4.78, 5) is 3.90. The van der Waals surface area contributed by atoms with Gasteiger partial charge in [0.15, 0.2) is 0 Å². The van der Waals surface area contributed by atoms with Gasteiger partial charge >= 0.3 is 0 Å². The van der Waals surface area contributed by atoms with Crippen LogP contribution in [0.25, 0.3) is 10.9 Å². The van der Waals surface area contributed by atoms with E-state index in [-0.39, 0.29) is 5.82 Å². The largest absolute Gasteiger partial charge is 0.343 e. The van der Waals surface area contributed by atoms with E-state index in [1.54, 1.807) is 6.20 Å².